The molecule has 1 aliphatic carbocycles. The van der Waals surface area contributed by atoms with Crippen LogP contribution in [0.3, 0.4) is 0 Å². The van der Waals surface area contributed by atoms with Crippen molar-refractivity contribution in [2.45, 2.75) is 19.3 Å². The molecular weight excluding hydrogens is 340 g/mol. The van der Waals surface area contributed by atoms with Crippen molar-refractivity contribution >= 4 is 23.7 Å². The number of rotatable bonds is 4. The number of hydrogen-bond donors (Lipinski definition) is 2. The summed E-state index contributed by atoms with van der Waals surface area (Å²) in [6, 6.07) is 4.27. The fourth-order valence-electron chi connectivity index (χ4n) is 4.04. The molecule has 3 rings (SSSR count). The van der Waals surface area contributed by atoms with Crippen molar-refractivity contribution in [1.29, 1.82) is 0 Å². The van der Waals surface area contributed by atoms with Gasteiger partial charge in [0.05, 0.1) is 19.6 Å². The molecular formula is C18H22N2O6. The molecule has 0 spiro atoms. The number of hydrogen-bond acceptors (Lipinski definition) is 5. The number of benzene rings is 1. The van der Waals surface area contributed by atoms with Crippen molar-refractivity contribution in [2.24, 2.45) is 11.3 Å². The number of amides is 2. The van der Waals surface area contributed by atoms with Gasteiger partial charge in [-0.05, 0) is 30.9 Å². The highest BCUT2D eigenvalue weighted by atomic mass is 16.5. The Labute approximate surface area is 151 Å². The number of ether oxygens (including phenoxy) is 2. The highest BCUT2D eigenvalue weighted by Gasteiger charge is 2.55. The Morgan fingerprint density at radius 1 is 1.31 bits per heavy atom. The zero-order valence-electron chi connectivity index (χ0n) is 14.8. The number of nitrogens with zero attached hydrogens (tertiary/aromatic N) is 1. The molecule has 26 heavy (non-hydrogen) atoms. The number of carboxylic acids is 1. The number of nitrogens with one attached hydrogen (secondary N) is 1. The summed E-state index contributed by atoms with van der Waals surface area (Å²) in [4.78, 5) is 37.5. The summed E-state index contributed by atoms with van der Waals surface area (Å²) in [7, 11) is 2.70. The fraction of sp³-hybridized carbons (Fsp3) is 0.500. The number of esters is 1. The molecule has 1 aliphatic heterocycles. The molecule has 0 bridgehead atoms. The molecule has 0 aromatic heterocycles. The van der Waals surface area contributed by atoms with Crippen LogP contribution in [0.25, 0.3) is 0 Å². The van der Waals surface area contributed by atoms with Crippen LogP contribution in [0.2, 0.25) is 0 Å². The minimum absolute atomic E-state index is 0.00184. The van der Waals surface area contributed by atoms with Crippen LogP contribution in [0.15, 0.2) is 18.2 Å². The third kappa shape index (κ3) is 2.95. The first kappa shape index (κ1) is 18.0. The fourth-order valence-corrected chi connectivity index (χ4v) is 4.04. The molecule has 2 N–H and O–H groups in total. The van der Waals surface area contributed by atoms with Crippen molar-refractivity contribution in [2.75, 3.05) is 32.6 Å². The van der Waals surface area contributed by atoms with E-state index in [9.17, 15) is 19.5 Å². The molecule has 140 valence electrons. The number of fused-ring (bicyclic) bond motifs is 1. The van der Waals surface area contributed by atoms with E-state index in [0.29, 0.717) is 18.7 Å². The third-order valence-electron chi connectivity index (χ3n) is 5.44. The van der Waals surface area contributed by atoms with Crippen LogP contribution in [0.4, 0.5) is 10.5 Å². The first-order valence-electron chi connectivity index (χ1n) is 8.47. The molecule has 0 radical (unpaired) electrons. The third-order valence-corrected chi connectivity index (χ3v) is 5.44. The molecule has 1 aromatic rings. The molecule has 8 heteroatoms. The standard InChI is InChI=1S/C18H22N2O6/c1-25-14-8-12(5-6-13(14)15(21)26-2)19-17(24)20-9-11-4-3-7-18(11,10-20)16(22)23/h5-6,8,11H,3-4,7,9-10H2,1-2H3,(H,19,24)(H,22,23)/t11-,18+/m0/s1. The maximum absolute atomic E-state index is 12.6. The second-order valence-electron chi connectivity index (χ2n) is 6.77. The zero-order chi connectivity index (χ0) is 18.9. The summed E-state index contributed by atoms with van der Waals surface area (Å²) in [6.45, 7) is 0.658. The zero-order valence-corrected chi connectivity index (χ0v) is 14.8. The quantitative estimate of drug-likeness (QED) is 0.796. The van der Waals surface area contributed by atoms with E-state index < -0.39 is 17.4 Å². The molecule has 1 saturated heterocycles. The largest absolute Gasteiger partial charge is 0.496 e. The van der Waals surface area contributed by atoms with Gasteiger partial charge < -0.3 is 24.8 Å². The molecule has 1 aromatic carbocycles. The van der Waals surface area contributed by atoms with Gasteiger partial charge in [-0.1, -0.05) is 6.42 Å². The maximum atomic E-state index is 12.6. The average molecular weight is 362 g/mol. The van der Waals surface area contributed by atoms with Crippen LogP contribution in [0.5, 0.6) is 5.75 Å². The lowest BCUT2D eigenvalue weighted by atomic mass is 9.81. The Balaban J connectivity index is 1.73. The maximum Gasteiger partial charge on any atom is 0.341 e. The normalized spacial score (nSPS) is 24.1. The molecule has 2 aliphatic rings. The van der Waals surface area contributed by atoms with Crippen molar-refractivity contribution in [3.8, 4) is 5.75 Å². The Hall–Kier alpha value is -2.77. The summed E-state index contributed by atoms with van der Waals surface area (Å²) >= 11 is 0. The van der Waals surface area contributed by atoms with Crippen LogP contribution >= 0.6 is 0 Å². The molecule has 1 saturated carbocycles. The Morgan fingerprint density at radius 3 is 2.69 bits per heavy atom. The van der Waals surface area contributed by atoms with Gasteiger partial charge in [-0.3, -0.25) is 4.79 Å². The van der Waals surface area contributed by atoms with Crippen molar-refractivity contribution in [3.05, 3.63) is 23.8 Å². The van der Waals surface area contributed by atoms with E-state index in [1.165, 1.54) is 26.4 Å². The van der Waals surface area contributed by atoms with Gasteiger partial charge in [0, 0.05) is 24.8 Å². The van der Waals surface area contributed by atoms with Gasteiger partial charge in [-0.25, -0.2) is 9.59 Å². The van der Waals surface area contributed by atoms with Crippen LogP contribution in [0, 0.1) is 11.3 Å². The SMILES string of the molecule is COC(=O)c1ccc(NC(=O)N2C[C@@H]3CCC[C@@]3(C(=O)O)C2)cc1OC. The smallest absolute Gasteiger partial charge is 0.341 e. The second-order valence-corrected chi connectivity index (χ2v) is 6.77. The Kier molecular flexibility index (Phi) is 4.76. The Bertz CT molecular complexity index is 749. The first-order chi connectivity index (χ1) is 12.4. The van der Waals surface area contributed by atoms with E-state index in [0.717, 1.165) is 12.8 Å². The molecule has 0 unspecified atom stereocenters. The van der Waals surface area contributed by atoms with Crippen LogP contribution in [-0.2, 0) is 9.53 Å². The summed E-state index contributed by atoms with van der Waals surface area (Å²) in [5.41, 5.74) is -0.0986. The number of likely N-dealkylation sites (tertiary alicyclic amines) is 1. The highest BCUT2D eigenvalue weighted by molar-refractivity contribution is 5.95. The van der Waals surface area contributed by atoms with E-state index in [4.69, 9.17) is 4.74 Å². The molecule has 2 fully saturated rings. The lowest BCUT2D eigenvalue weighted by Gasteiger charge is -2.23. The highest BCUT2D eigenvalue weighted by Crippen LogP contribution is 2.48. The van der Waals surface area contributed by atoms with E-state index in [-0.39, 0.29) is 29.8 Å². The topological polar surface area (TPSA) is 105 Å². The predicted octanol–water partition coefficient (Wildman–Crippen LogP) is 2.20. The number of carbonyl (C=O) groups excluding carboxylic acids is 2. The van der Waals surface area contributed by atoms with E-state index >= 15 is 0 Å². The van der Waals surface area contributed by atoms with E-state index in [2.05, 4.69) is 10.1 Å². The minimum Gasteiger partial charge on any atom is -0.496 e. The van der Waals surface area contributed by atoms with Gasteiger partial charge in [-0.15, -0.1) is 0 Å². The van der Waals surface area contributed by atoms with Gasteiger partial charge in [0.1, 0.15) is 11.3 Å². The number of anilines is 1. The van der Waals surface area contributed by atoms with Crippen LogP contribution < -0.4 is 10.1 Å². The number of aliphatic carboxylic acids is 1. The van der Waals surface area contributed by atoms with Gasteiger partial charge in [0.15, 0.2) is 0 Å². The summed E-state index contributed by atoms with van der Waals surface area (Å²) < 4.78 is 9.87. The number of carboxylic acid groups (broad SMARTS) is 1. The number of carbonyl (C=O) groups is 3. The van der Waals surface area contributed by atoms with Crippen molar-refractivity contribution in [3.63, 3.8) is 0 Å². The van der Waals surface area contributed by atoms with Crippen LogP contribution in [0.1, 0.15) is 29.6 Å². The predicted molar refractivity (Wildman–Crippen MR) is 92.3 cm³/mol. The molecule has 1 heterocycles. The van der Waals surface area contributed by atoms with E-state index in [1.807, 2.05) is 0 Å². The summed E-state index contributed by atoms with van der Waals surface area (Å²) in [5, 5.41) is 12.4. The number of methoxy groups -OCH3 is 2. The van der Waals surface area contributed by atoms with Gasteiger partial charge in [0.2, 0.25) is 0 Å². The van der Waals surface area contributed by atoms with Crippen LogP contribution in [-0.4, -0.2) is 55.3 Å². The molecule has 2 amide bonds. The number of urea groups is 1. The van der Waals surface area contributed by atoms with Crippen molar-refractivity contribution in [1.82, 2.24) is 4.90 Å². The second kappa shape index (κ2) is 6.86. The van der Waals surface area contributed by atoms with Gasteiger partial charge >= 0.3 is 18.0 Å². The molecule has 8 nitrogen and oxygen atoms in total. The monoisotopic (exact) mass is 362 g/mol. The van der Waals surface area contributed by atoms with E-state index in [1.54, 1.807) is 11.0 Å². The lowest BCUT2D eigenvalue weighted by molar-refractivity contribution is -0.149. The summed E-state index contributed by atoms with van der Waals surface area (Å²) in [6.07, 6.45) is 2.33. The average Bonchev–Trinajstić information content (AvgIpc) is 3.19. The minimum atomic E-state index is -0.820. The van der Waals surface area contributed by atoms with Crippen molar-refractivity contribution < 1.29 is 29.0 Å². The first-order valence-corrected chi connectivity index (χ1v) is 8.47. The summed E-state index contributed by atoms with van der Waals surface area (Å²) in [5.74, 6) is -1.06. The molecule has 2 atom stereocenters. The Morgan fingerprint density at radius 2 is 2.08 bits per heavy atom. The lowest BCUT2D eigenvalue weighted by Crippen LogP contribution is -2.38. The van der Waals surface area contributed by atoms with Gasteiger partial charge in [0.25, 0.3) is 0 Å². The van der Waals surface area contributed by atoms with Gasteiger partial charge in [-0.2, -0.15) is 0 Å².